The van der Waals surface area contributed by atoms with Gasteiger partial charge in [-0.1, -0.05) is 19.9 Å². The lowest BCUT2D eigenvalue weighted by Crippen LogP contribution is -2.41. The summed E-state index contributed by atoms with van der Waals surface area (Å²) >= 11 is 7.55. The fourth-order valence-electron chi connectivity index (χ4n) is 4.56. The van der Waals surface area contributed by atoms with Crippen molar-refractivity contribution >= 4 is 38.6 Å². The Labute approximate surface area is 244 Å². The van der Waals surface area contributed by atoms with Crippen LogP contribution in [0.15, 0.2) is 42.9 Å². The molecule has 0 spiro atoms. The van der Waals surface area contributed by atoms with Crippen LogP contribution in [0.5, 0.6) is 0 Å². The maximum Gasteiger partial charge on any atom is 0.232 e. The molecule has 0 unspecified atom stereocenters. The van der Waals surface area contributed by atoms with Crippen molar-refractivity contribution < 1.29 is 17.5 Å². The van der Waals surface area contributed by atoms with Crippen molar-refractivity contribution in [2.24, 2.45) is 0 Å². The fourth-order valence-corrected chi connectivity index (χ4v) is 7.09. The van der Waals surface area contributed by atoms with E-state index in [1.54, 1.807) is 31.3 Å². The van der Waals surface area contributed by atoms with Crippen molar-refractivity contribution in [2.75, 3.05) is 23.6 Å². The van der Waals surface area contributed by atoms with E-state index in [0.717, 1.165) is 30.9 Å². The van der Waals surface area contributed by atoms with Crippen LogP contribution in [-0.4, -0.2) is 52.7 Å². The number of likely N-dealkylation sites (tertiary alicyclic amines) is 1. The average molecular weight is 608 g/mol. The van der Waals surface area contributed by atoms with Crippen LogP contribution in [0.1, 0.15) is 58.9 Å². The molecule has 0 radical (unpaired) electrons. The second kappa shape index (κ2) is 11.6. The van der Waals surface area contributed by atoms with Gasteiger partial charge in [-0.15, -0.1) is 11.3 Å². The Bertz CT molecular complexity index is 1500. The van der Waals surface area contributed by atoms with Crippen molar-refractivity contribution in [1.29, 1.82) is 0 Å². The van der Waals surface area contributed by atoms with Gasteiger partial charge in [0.2, 0.25) is 15.3 Å². The van der Waals surface area contributed by atoms with Gasteiger partial charge in [0.25, 0.3) is 0 Å². The zero-order chi connectivity index (χ0) is 29.3. The van der Waals surface area contributed by atoms with Gasteiger partial charge in [0.1, 0.15) is 5.60 Å². The largest absolute Gasteiger partial charge is 0.474 e. The summed E-state index contributed by atoms with van der Waals surface area (Å²) in [5.41, 5.74) is 0.333. The number of nitrogens with one attached hydrogen (secondary N) is 1. The number of sulfonamides is 1. The zero-order valence-corrected chi connectivity index (χ0v) is 25.8. The van der Waals surface area contributed by atoms with E-state index in [0.29, 0.717) is 28.6 Å². The summed E-state index contributed by atoms with van der Waals surface area (Å²) < 4.78 is 49.0. The molecule has 1 aromatic carbocycles. The van der Waals surface area contributed by atoms with Gasteiger partial charge in [0, 0.05) is 30.3 Å². The Morgan fingerprint density at radius 2 is 1.95 bits per heavy atom. The third-order valence-corrected chi connectivity index (χ3v) is 9.68. The molecule has 0 saturated carbocycles. The molecule has 4 rings (SSSR count). The van der Waals surface area contributed by atoms with E-state index >= 15 is 4.39 Å². The van der Waals surface area contributed by atoms with Gasteiger partial charge < -0.3 is 9.64 Å². The van der Waals surface area contributed by atoms with Crippen molar-refractivity contribution in [3.63, 3.8) is 0 Å². The molecule has 40 heavy (non-hydrogen) atoms. The summed E-state index contributed by atoms with van der Waals surface area (Å²) in [7, 11) is -3.69. The predicted molar refractivity (Wildman–Crippen MR) is 159 cm³/mol. The van der Waals surface area contributed by atoms with Gasteiger partial charge in [0.05, 0.1) is 32.7 Å². The summed E-state index contributed by atoms with van der Waals surface area (Å²) in [5, 5.41) is 0.905. The standard InChI is InChI=1S/C28H35ClFN5O3S2/c1-7-17-40(36,37)34-20-10-8-9-19(22(20)30)23-24(21-11-14-31-26(29)32-21)39-25(33-23)28(6)12-15-35(16-13-28)18(2)38-27(3,4)5/h8-11,14,34H,2,7,12-13,15-17H2,1,3-6H3. The third-order valence-electron chi connectivity index (χ3n) is 6.64. The Hall–Kier alpha value is -2.76. The second-order valence-electron chi connectivity index (χ2n) is 11.2. The minimum Gasteiger partial charge on any atom is -0.474 e. The minimum atomic E-state index is -3.69. The number of hydrogen-bond donors (Lipinski definition) is 1. The highest BCUT2D eigenvalue weighted by Gasteiger charge is 2.37. The molecule has 8 nitrogen and oxygen atoms in total. The van der Waals surface area contributed by atoms with E-state index in [2.05, 4.69) is 33.1 Å². The first kappa shape index (κ1) is 30.2. The Morgan fingerprint density at radius 3 is 2.58 bits per heavy atom. The van der Waals surface area contributed by atoms with Gasteiger partial charge in [-0.2, -0.15) is 0 Å². The molecule has 0 amide bonds. The van der Waals surface area contributed by atoms with E-state index in [1.165, 1.54) is 17.4 Å². The van der Waals surface area contributed by atoms with Crippen LogP contribution in [0.2, 0.25) is 5.28 Å². The van der Waals surface area contributed by atoms with Gasteiger partial charge in [-0.25, -0.2) is 27.8 Å². The maximum atomic E-state index is 15.9. The summed E-state index contributed by atoms with van der Waals surface area (Å²) in [4.78, 5) is 16.1. The van der Waals surface area contributed by atoms with Gasteiger partial charge in [-0.05, 0) is 76.4 Å². The first-order chi connectivity index (χ1) is 18.7. The molecule has 3 heterocycles. The van der Waals surface area contributed by atoms with Gasteiger partial charge >= 0.3 is 0 Å². The molecular formula is C28H35ClFN5O3S2. The van der Waals surface area contributed by atoms with E-state index in [4.69, 9.17) is 21.3 Å². The molecule has 1 saturated heterocycles. The third kappa shape index (κ3) is 6.92. The number of ether oxygens (including phenoxy) is 1. The molecule has 0 bridgehead atoms. The van der Waals surface area contributed by atoms with E-state index in [9.17, 15) is 8.42 Å². The molecule has 1 fully saturated rings. The monoisotopic (exact) mass is 607 g/mol. The molecule has 216 valence electrons. The topological polar surface area (TPSA) is 97.3 Å². The van der Waals surface area contributed by atoms with Crippen molar-refractivity contribution in [3.8, 4) is 21.8 Å². The van der Waals surface area contributed by atoms with Crippen LogP contribution < -0.4 is 4.72 Å². The predicted octanol–water partition coefficient (Wildman–Crippen LogP) is 6.85. The Morgan fingerprint density at radius 1 is 1.25 bits per heavy atom. The van der Waals surface area contributed by atoms with E-state index in [1.807, 2.05) is 20.8 Å². The summed E-state index contributed by atoms with van der Waals surface area (Å²) in [5.74, 6) is -0.156. The van der Waals surface area contributed by atoms with Crippen LogP contribution in [0, 0.1) is 5.82 Å². The normalized spacial score (nSPS) is 15.6. The van der Waals surface area contributed by atoms with Crippen LogP contribution in [0.4, 0.5) is 10.1 Å². The second-order valence-corrected chi connectivity index (χ2v) is 14.3. The number of nitrogens with zero attached hydrogens (tertiary/aromatic N) is 4. The molecule has 0 atom stereocenters. The number of piperidine rings is 1. The van der Waals surface area contributed by atoms with Crippen molar-refractivity contribution in [2.45, 2.75) is 64.9 Å². The quantitative estimate of drug-likeness (QED) is 0.210. The lowest BCUT2D eigenvalue weighted by Gasteiger charge is -2.40. The Balaban J connectivity index is 1.73. The van der Waals surface area contributed by atoms with Crippen LogP contribution in [-0.2, 0) is 20.2 Å². The minimum absolute atomic E-state index is 0.0665. The van der Waals surface area contributed by atoms with Gasteiger partial charge in [0.15, 0.2) is 11.7 Å². The highest BCUT2D eigenvalue weighted by molar-refractivity contribution is 7.92. The smallest absolute Gasteiger partial charge is 0.232 e. The summed E-state index contributed by atoms with van der Waals surface area (Å²) in [6, 6.07) is 6.32. The molecule has 2 aromatic heterocycles. The molecule has 1 aliphatic heterocycles. The highest BCUT2D eigenvalue weighted by atomic mass is 35.5. The SMILES string of the molecule is C=C(OC(C)(C)C)N1CCC(C)(c2nc(-c3cccc(NS(=O)(=O)CCC)c3F)c(-c3ccnc(Cl)n3)s2)CC1. The number of thiazole rings is 1. The lowest BCUT2D eigenvalue weighted by molar-refractivity contribution is -0.00692. The van der Waals surface area contributed by atoms with E-state index < -0.39 is 15.8 Å². The molecule has 3 aromatic rings. The van der Waals surface area contributed by atoms with Gasteiger partial charge in [-0.3, -0.25) is 4.72 Å². The number of aromatic nitrogens is 3. The maximum absolute atomic E-state index is 15.9. The molecule has 0 aliphatic carbocycles. The van der Waals surface area contributed by atoms with Crippen LogP contribution in [0.25, 0.3) is 21.8 Å². The number of rotatable bonds is 9. The molecule has 1 N–H and O–H groups in total. The first-order valence-electron chi connectivity index (χ1n) is 13.1. The lowest BCUT2D eigenvalue weighted by atomic mass is 9.81. The highest BCUT2D eigenvalue weighted by Crippen LogP contribution is 2.45. The summed E-state index contributed by atoms with van der Waals surface area (Å²) in [6.45, 7) is 15.5. The number of anilines is 1. The first-order valence-corrected chi connectivity index (χ1v) is 16.0. The fraction of sp³-hybridized carbons (Fsp3) is 0.464. The molecule has 1 aliphatic rings. The zero-order valence-electron chi connectivity index (χ0n) is 23.4. The van der Waals surface area contributed by atoms with Crippen molar-refractivity contribution in [1.82, 2.24) is 19.9 Å². The summed E-state index contributed by atoms with van der Waals surface area (Å²) in [6.07, 6.45) is 3.53. The Kier molecular flexibility index (Phi) is 8.77. The number of hydrogen-bond acceptors (Lipinski definition) is 8. The molecule has 12 heteroatoms. The van der Waals surface area contributed by atoms with Crippen molar-refractivity contribution in [3.05, 3.63) is 59.0 Å². The number of benzene rings is 1. The molecular weight excluding hydrogens is 573 g/mol. The van der Waals surface area contributed by atoms with E-state index in [-0.39, 0.29) is 33.3 Å². The van der Waals surface area contributed by atoms with Crippen LogP contribution in [0.3, 0.4) is 0 Å². The van der Waals surface area contributed by atoms with Crippen LogP contribution >= 0.6 is 22.9 Å². The number of halogens is 2. The average Bonchev–Trinajstić information content (AvgIpc) is 3.31.